The quantitative estimate of drug-likeness (QED) is 0.145. The Morgan fingerprint density at radius 1 is 0.471 bits per heavy atom. The summed E-state index contributed by atoms with van der Waals surface area (Å²) in [5.74, 6) is 0. The molecule has 0 spiro atoms. The molecule has 242 valence electrons. The van der Waals surface area contributed by atoms with E-state index in [1.165, 1.54) is 71.4 Å². The molecule has 0 unspecified atom stereocenters. The van der Waals surface area contributed by atoms with Gasteiger partial charge in [0.2, 0.25) is 0 Å². The molecule has 0 aliphatic heterocycles. The number of benzene rings is 7. The van der Waals surface area contributed by atoms with Gasteiger partial charge in [-0.1, -0.05) is 140 Å². The summed E-state index contributed by atoms with van der Waals surface area (Å²) in [4.78, 5) is 0. The minimum atomic E-state index is 0.891. The SMILES string of the molecule is C=C/C(=C\C=C/Cc1ccccc1)n1c2ccccc2c2cc(-c3ccc4c(c3)c3ccccc3n4-c3ccc(-c4ccccc4)cc3)ccc21. The zero-order valence-electron chi connectivity index (χ0n) is 28.3. The van der Waals surface area contributed by atoms with E-state index >= 15 is 0 Å². The third-order valence-electron chi connectivity index (χ3n) is 9.98. The fraction of sp³-hybridized carbons (Fsp3) is 0.0204. The molecule has 0 atom stereocenters. The second-order valence-electron chi connectivity index (χ2n) is 13.0. The Kier molecular flexibility index (Phi) is 7.75. The third-order valence-corrected chi connectivity index (χ3v) is 9.98. The van der Waals surface area contributed by atoms with Gasteiger partial charge >= 0.3 is 0 Å². The average molecular weight is 653 g/mol. The van der Waals surface area contributed by atoms with Crippen molar-refractivity contribution in [1.82, 2.24) is 9.13 Å². The van der Waals surface area contributed by atoms with E-state index in [4.69, 9.17) is 0 Å². The molecule has 51 heavy (non-hydrogen) atoms. The lowest BCUT2D eigenvalue weighted by Gasteiger charge is -2.10. The van der Waals surface area contributed by atoms with Gasteiger partial charge in [-0.05, 0) is 94.9 Å². The van der Waals surface area contributed by atoms with Crippen LogP contribution in [0.15, 0.2) is 201 Å². The van der Waals surface area contributed by atoms with Crippen LogP contribution in [0.5, 0.6) is 0 Å². The number of allylic oxidation sites excluding steroid dienone is 5. The molecule has 2 heteroatoms. The summed E-state index contributed by atoms with van der Waals surface area (Å²) in [6.45, 7) is 4.20. The highest BCUT2D eigenvalue weighted by molar-refractivity contribution is 6.13. The number of fused-ring (bicyclic) bond motifs is 6. The highest BCUT2D eigenvalue weighted by Crippen LogP contribution is 2.38. The van der Waals surface area contributed by atoms with E-state index in [1.54, 1.807) is 0 Å². The van der Waals surface area contributed by atoms with Gasteiger partial charge in [0, 0.05) is 32.9 Å². The van der Waals surface area contributed by atoms with Gasteiger partial charge in [0.25, 0.3) is 0 Å². The lowest BCUT2D eigenvalue weighted by Crippen LogP contribution is -1.94. The largest absolute Gasteiger partial charge is 0.309 e. The maximum atomic E-state index is 4.20. The Morgan fingerprint density at radius 3 is 1.69 bits per heavy atom. The van der Waals surface area contributed by atoms with E-state index in [0.717, 1.165) is 17.8 Å². The molecular weight excluding hydrogens is 617 g/mol. The number of hydrogen-bond donors (Lipinski definition) is 0. The first-order valence-electron chi connectivity index (χ1n) is 17.5. The fourth-order valence-corrected chi connectivity index (χ4v) is 7.51. The van der Waals surface area contributed by atoms with Crippen molar-refractivity contribution in [1.29, 1.82) is 0 Å². The molecule has 0 bridgehead atoms. The monoisotopic (exact) mass is 652 g/mol. The van der Waals surface area contributed by atoms with Crippen LogP contribution in [0.1, 0.15) is 5.56 Å². The predicted octanol–water partition coefficient (Wildman–Crippen LogP) is 13.1. The smallest absolute Gasteiger partial charge is 0.0541 e. The summed E-state index contributed by atoms with van der Waals surface area (Å²) < 4.78 is 4.71. The van der Waals surface area contributed by atoms with Crippen molar-refractivity contribution in [3.8, 4) is 27.9 Å². The highest BCUT2D eigenvalue weighted by atomic mass is 15.0. The number of para-hydroxylation sites is 2. The molecule has 9 rings (SSSR count). The molecule has 2 heterocycles. The molecule has 0 fully saturated rings. The molecule has 0 saturated heterocycles. The van der Waals surface area contributed by atoms with Crippen molar-refractivity contribution in [3.63, 3.8) is 0 Å². The minimum absolute atomic E-state index is 0.891. The lowest BCUT2D eigenvalue weighted by atomic mass is 10.0. The zero-order valence-corrected chi connectivity index (χ0v) is 28.3. The Morgan fingerprint density at radius 2 is 0.980 bits per heavy atom. The summed E-state index contributed by atoms with van der Waals surface area (Å²) in [5.41, 5.74) is 13.1. The van der Waals surface area contributed by atoms with Crippen LogP contribution in [0.3, 0.4) is 0 Å². The van der Waals surface area contributed by atoms with E-state index in [2.05, 4.69) is 204 Å². The Labute approximate surface area is 298 Å². The van der Waals surface area contributed by atoms with Crippen molar-refractivity contribution in [2.45, 2.75) is 6.42 Å². The number of rotatable bonds is 8. The molecule has 7 aromatic carbocycles. The molecule has 0 amide bonds. The number of nitrogens with zero attached hydrogens (tertiary/aromatic N) is 2. The number of hydrogen-bond acceptors (Lipinski definition) is 0. The van der Waals surface area contributed by atoms with E-state index in [9.17, 15) is 0 Å². The second kappa shape index (κ2) is 13.0. The van der Waals surface area contributed by atoms with Gasteiger partial charge < -0.3 is 9.13 Å². The first kappa shape index (κ1) is 30.4. The van der Waals surface area contributed by atoms with Crippen molar-refractivity contribution in [2.24, 2.45) is 0 Å². The Hall–Kier alpha value is -6.64. The topological polar surface area (TPSA) is 9.86 Å². The number of aromatic nitrogens is 2. The van der Waals surface area contributed by atoms with Gasteiger partial charge in [-0.15, -0.1) is 0 Å². The zero-order chi connectivity index (χ0) is 34.1. The van der Waals surface area contributed by atoms with Gasteiger partial charge in [0.1, 0.15) is 0 Å². The predicted molar refractivity (Wildman–Crippen MR) is 218 cm³/mol. The van der Waals surface area contributed by atoms with Crippen molar-refractivity contribution in [2.75, 3.05) is 0 Å². The van der Waals surface area contributed by atoms with Gasteiger partial charge in [0.05, 0.1) is 22.1 Å². The van der Waals surface area contributed by atoms with Crippen molar-refractivity contribution >= 4 is 49.3 Å². The summed E-state index contributed by atoms with van der Waals surface area (Å²) in [6, 6.07) is 61.2. The standard InChI is InChI=1S/C49H36N2/c1-2-40(20-10-9-17-35-15-5-3-6-16-35)50-46-23-13-11-21-42(46)44-33-38(27-31-48(44)50)39-28-32-49-45(34-39)43-22-12-14-24-47(43)51(49)41-29-25-37(26-30-41)36-18-7-4-8-19-36/h2-16,18-34H,1,17H2/b10-9-,40-20+. The fourth-order valence-electron chi connectivity index (χ4n) is 7.51. The molecule has 2 nitrogen and oxygen atoms in total. The van der Waals surface area contributed by atoms with Crippen LogP contribution in [0, 0.1) is 0 Å². The average Bonchev–Trinajstić information content (AvgIpc) is 3.71. The second-order valence-corrected chi connectivity index (χ2v) is 13.0. The van der Waals surface area contributed by atoms with Crippen molar-refractivity contribution in [3.05, 3.63) is 206 Å². The van der Waals surface area contributed by atoms with Crippen LogP contribution in [-0.4, -0.2) is 9.13 Å². The maximum Gasteiger partial charge on any atom is 0.0541 e. The Bertz CT molecular complexity index is 2760. The lowest BCUT2D eigenvalue weighted by molar-refractivity contribution is 1.18. The summed E-state index contributed by atoms with van der Waals surface area (Å²) >= 11 is 0. The highest BCUT2D eigenvalue weighted by Gasteiger charge is 2.16. The van der Waals surface area contributed by atoms with E-state index in [1.807, 2.05) is 6.08 Å². The van der Waals surface area contributed by atoms with Crippen LogP contribution in [0.25, 0.3) is 77.2 Å². The maximum absolute atomic E-state index is 4.20. The van der Waals surface area contributed by atoms with E-state index in [-0.39, 0.29) is 0 Å². The van der Waals surface area contributed by atoms with Crippen LogP contribution >= 0.6 is 0 Å². The molecule has 2 aromatic heterocycles. The van der Waals surface area contributed by atoms with E-state index < -0.39 is 0 Å². The molecule has 0 saturated carbocycles. The van der Waals surface area contributed by atoms with Gasteiger partial charge in [0.15, 0.2) is 0 Å². The van der Waals surface area contributed by atoms with E-state index in [0.29, 0.717) is 0 Å². The van der Waals surface area contributed by atoms with Crippen LogP contribution in [0.4, 0.5) is 0 Å². The first-order valence-corrected chi connectivity index (χ1v) is 17.5. The van der Waals surface area contributed by atoms with Crippen LogP contribution < -0.4 is 0 Å². The molecule has 9 aromatic rings. The molecule has 0 aliphatic carbocycles. The first-order chi connectivity index (χ1) is 25.3. The summed E-state index contributed by atoms with van der Waals surface area (Å²) in [6.07, 6.45) is 9.35. The van der Waals surface area contributed by atoms with Gasteiger partial charge in [-0.2, -0.15) is 0 Å². The summed E-state index contributed by atoms with van der Waals surface area (Å²) in [5, 5.41) is 4.95. The third kappa shape index (κ3) is 5.48. The Balaban J connectivity index is 1.12. The van der Waals surface area contributed by atoms with Crippen LogP contribution in [0.2, 0.25) is 0 Å². The van der Waals surface area contributed by atoms with Gasteiger partial charge in [-0.3, -0.25) is 0 Å². The van der Waals surface area contributed by atoms with Gasteiger partial charge in [-0.25, -0.2) is 0 Å². The molecule has 0 aliphatic rings. The summed E-state index contributed by atoms with van der Waals surface area (Å²) in [7, 11) is 0. The van der Waals surface area contributed by atoms with Crippen molar-refractivity contribution < 1.29 is 0 Å². The minimum Gasteiger partial charge on any atom is -0.309 e. The molecule has 0 N–H and O–H groups in total. The molecule has 0 radical (unpaired) electrons. The molecular formula is C49H36N2. The van der Waals surface area contributed by atoms with Crippen LogP contribution in [-0.2, 0) is 6.42 Å². The normalized spacial score (nSPS) is 12.1.